The van der Waals surface area contributed by atoms with Gasteiger partial charge in [-0.15, -0.1) is 0 Å². The summed E-state index contributed by atoms with van der Waals surface area (Å²) < 4.78 is 103. The van der Waals surface area contributed by atoms with Gasteiger partial charge in [-0.05, 0) is 71.7 Å². The van der Waals surface area contributed by atoms with Gasteiger partial charge in [-0.25, -0.2) is 40.0 Å². The molecule has 4 N–H and O–H groups in total. The Balaban J connectivity index is 1.42. The summed E-state index contributed by atoms with van der Waals surface area (Å²) in [6, 6.07) is 12.5. The highest BCUT2D eigenvalue weighted by Gasteiger charge is 2.60. The number of amides is 1. The fourth-order valence-corrected chi connectivity index (χ4v) is 7.96. The van der Waals surface area contributed by atoms with Crippen molar-refractivity contribution in [2.45, 2.75) is 87.7 Å². The van der Waals surface area contributed by atoms with Gasteiger partial charge in [-0.2, -0.15) is 5.10 Å². The molecule has 1 saturated carbocycles. The molecule has 1 aliphatic carbocycles. The standard InChI is InChI=1S/C38H41ClF5N7O5S/c1-35(2,3)19-38(23-9-12-25(27(40)17-23)21-6-10-24(11-7-21)57(5,54)55)32(52)50(33(45)48-38)29(18-56-34(53)49-37(14-15-37)36(4,43)44)22-8-13-26(39)28(16-22)51-31(30(41)42)46-20-47-51/h6-13,16-17,20,29-30,34,49,53H,14-15,18-19H2,1-5H3,(H2,45,48)/t29-,34?,38-/m1/s1. The second-order valence-corrected chi connectivity index (χ2v) is 18.1. The number of aromatic nitrogens is 3. The molecule has 1 unspecified atom stereocenters. The molecule has 1 aromatic heterocycles. The SMILES string of the molecule is CC(C)(C)C[C@]1(c2ccc(-c3ccc(S(C)(=O)=O)cc3)c(F)c2)NC(=N)N([C@H](COC(O)NC2(C(C)(F)F)CC2)c2ccc(Cl)c(-n3ncnc3C(F)F)c2)C1=O. The third kappa shape index (κ3) is 8.41. The van der Waals surface area contributed by atoms with E-state index >= 15 is 9.18 Å². The van der Waals surface area contributed by atoms with Crippen molar-refractivity contribution in [3.63, 3.8) is 0 Å². The first kappa shape index (κ1) is 42.1. The van der Waals surface area contributed by atoms with E-state index in [1.807, 2.05) is 20.8 Å². The molecule has 1 aliphatic heterocycles. The molecule has 4 aromatic rings. The monoisotopic (exact) mass is 837 g/mol. The molecule has 1 amide bonds. The maximum Gasteiger partial charge on any atom is 0.297 e. The van der Waals surface area contributed by atoms with Crippen molar-refractivity contribution in [2.24, 2.45) is 5.41 Å². The first-order chi connectivity index (χ1) is 26.5. The largest absolute Gasteiger partial charge is 0.356 e. The zero-order valence-electron chi connectivity index (χ0n) is 31.5. The number of sulfone groups is 1. The first-order valence-corrected chi connectivity index (χ1v) is 20.0. The lowest BCUT2D eigenvalue weighted by molar-refractivity contribution is -0.161. The third-order valence-electron chi connectivity index (χ3n) is 10.1. The number of benzene rings is 3. The van der Waals surface area contributed by atoms with E-state index in [0.29, 0.717) is 12.5 Å². The summed E-state index contributed by atoms with van der Waals surface area (Å²) in [5.74, 6) is -5.90. The van der Waals surface area contributed by atoms with Crippen LogP contribution in [0, 0.1) is 16.6 Å². The fraction of sp³-hybridized carbons (Fsp3) is 0.421. The number of rotatable bonds is 14. The topological polar surface area (TPSA) is 163 Å². The number of nitrogens with one attached hydrogen (secondary N) is 3. The molecule has 2 aliphatic rings. The van der Waals surface area contributed by atoms with Gasteiger partial charge in [-0.1, -0.05) is 62.7 Å². The minimum Gasteiger partial charge on any atom is -0.356 e. The number of alkyl halides is 4. The molecule has 3 atom stereocenters. The lowest BCUT2D eigenvalue weighted by Crippen LogP contribution is -2.52. The number of aliphatic hydroxyl groups is 1. The Bertz CT molecular complexity index is 2300. The Morgan fingerprint density at radius 2 is 1.74 bits per heavy atom. The average molecular weight is 838 g/mol. The van der Waals surface area contributed by atoms with Crippen molar-refractivity contribution in [1.82, 2.24) is 30.3 Å². The van der Waals surface area contributed by atoms with Crippen LogP contribution >= 0.6 is 11.6 Å². The molecule has 57 heavy (non-hydrogen) atoms. The molecule has 12 nitrogen and oxygen atoms in total. The van der Waals surface area contributed by atoms with Crippen molar-refractivity contribution in [3.8, 4) is 16.8 Å². The van der Waals surface area contributed by atoms with Gasteiger partial charge in [0.05, 0.1) is 33.8 Å². The molecule has 19 heteroatoms. The zero-order valence-corrected chi connectivity index (χ0v) is 33.0. The summed E-state index contributed by atoms with van der Waals surface area (Å²) in [5.41, 5.74) is -3.39. The molecule has 1 saturated heterocycles. The highest BCUT2D eigenvalue weighted by atomic mass is 35.5. The predicted molar refractivity (Wildman–Crippen MR) is 200 cm³/mol. The quantitative estimate of drug-likeness (QED) is 0.0784. The Labute approximate surface area is 330 Å². The molecular weight excluding hydrogens is 797 g/mol. The van der Waals surface area contributed by atoms with E-state index in [1.54, 1.807) is 0 Å². The van der Waals surface area contributed by atoms with Crippen LogP contribution in [-0.4, -0.2) is 75.8 Å². The number of ether oxygens (including phenoxy) is 1. The van der Waals surface area contributed by atoms with E-state index in [1.165, 1.54) is 54.6 Å². The van der Waals surface area contributed by atoms with Gasteiger partial charge in [0.25, 0.3) is 18.3 Å². The summed E-state index contributed by atoms with van der Waals surface area (Å²) in [6.45, 7) is 5.62. The van der Waals surface area contributed by atoms with Crippen LogP contribution in [0.25, 0.3) is 16.8 Å². The van der Waals surface area contributed by atoms with Crippen molar-refractivity contribution in [3.05, 3.63) is 94.8 Å². The Hall–Kier alpha value is -4.49. The summed E-state index contributed by atoms with van der Waals surface area (Å²) in [5, 5.41) is 29.2. The third-order valence-corrected chi connectivity index (χ3v) is 11.5. The highest BCUT2D eigenvalue weighted by molar-refractivity contribution is 7.90. The Kier molecular flexibility index (Phi) is 11.1. The number of guanidine groups is 1. The van der Waals surface area contributed by atoms with Crippen LogP contribution in [0.2, 0.25) is 5.02 Å². The maximum absolute atomic E-state index is 16.1. The number of aliphatic hydroxyl groups excluding tert-OH is 1. The number of hydrogen-bond acceptors (Lipinski definition) is 9. The summed E-state index contributed by atoms with van der Waals surface area (Å²) in [6.07, 6.45) is -2.91. The number of carbonyl (C=O) groups is 1. The van der Waals surface area contributed by atoms with Gasteiger partial charge in [0.15, 0.2) is 21.6 Å². The maximum atomic E-state index is 16.1. The van der Waals surface area contributed by atoms with Crippen LogP contribution < -0.4 is 10.6 Å². The molecule has 3 aromatic carbocycles. The van der Waals surface area contributed by atoms with E-state index in [9.17, 15) is 31.1 Å². The van der Waals surface area contributed by atoms with Crippen LogP contribution in [0.15, 0.2) is 71.9 Å². The van der Waals surface area contributed by atoms with Crippen LogP contribution in [0.1, 0.15) is 76.4 Å². The first-order valence-electron chi connectivity index (χ1n) is 17.7. The van der Waals surface area contributed by atoms with Gasteiger partial charge < -0.3 is 15.2 Å². The normalized spacial score (nSPS) is 19.6. The molecule has 0 bridgehead atoms. The zero-order chi connectivity index (χ0) is 41.9. The van der Waals surface area contributed by atoms with Gasteiger partial charge in [0.1, 0.15) is 17.7 Å². The minimum absolute atomic E-state index is 0.0218. The minimum atomic E-state index is -3.51. The van der Waals surface area contributed by atoms with E-state index in [-0.39, 0.29) is 51.6 Å². The van der Waals surface area contributed by atoms with E-state index in [4.69, 9.17) is 21.7 Å². The lowest BCUT2D eigenvalue weighted by atomic mass is 9.75. The van der Waals surface area contributed by atoms with E-state index in [0.717, 1.165) is 28.2 Å². The summed E-state index contributed by atoms with van der Waals surface area (Å²) in [4.78, 5) is 19.7. The van der Waals surface area contributed by atoms with Crippen LogP contribution in [0.5, 0.6) is 0 Å². The number of hydrogen-bond donors (Lipinski definition) is 4. The molecule has 0 spiro atoms. The number of nitrogens with zero attached hydrogens (tertiary/aromatic N) is 4. The van der Waals surface area contributed by atoms with Gasteiger partial charge >= 0.3 is 0 Å². The number of halogens is 6. The average Bonchev–Trinajstić information content (AvgIpc) is 3.66. The van der Waals surface area contributed by atoms with Crippen LogP contribution in [-0.2, 0) is 24.9 Å². The smallest absolute Gasteiger partial charge is 0.297 e. The molecule has 6 rings (SSSR count). The Morgan fingerprint density at radius 3 is 2.30 bits per heavy atom. The number of carbonyl (C=O) groups excluding carboxylic acids is 1. The van der Waals surface area contributed by atoms with E-state index < -0.39 is 81.2 Å². The second-order valence-electron chi connectivity index (χ2n) is 15.6. The van der Waals surface area contributed by atoms with Crippen molar-refractivity contribution >= 4 is 33.3 Å². The summed E-state index contributed by atoms with van der Waals surface area (Å²) >= 11 is 6.45. The second kappa shape index (κ2) is 15.0. The predicted octanol–water partition coefficient (Wildman–Crippen LogP) is 6.88. The van der Waals surface area contributed by atoms with Gasteiger partial charge in [-0.3, -0.25) is 20.4 Å². The van der Waals surface area contributed by atoms with Crippen molar-refractivity contribution in [1.29, 1.82) is 5.41 Å². The van der Waals surface area contributed by atoms with E-state index in [2.05, 4.69) is 20.7 Å². The van der Waals surface area contributed by atoms with Crippen molar-refractivity contribution < 1.29 is 45.0 Å². The lowest BCUT2D eigenvalue weighted by Gasteiger charge is -2.35. The molecular formula is C38H41ClF5N7O5S. The molecule has 2 heterocycles. The Morgan fingerprint density at radius 1 is 1.07 bits per heavy atom. The molecule has 0 radical (unpaired) electrons. The van der Waals surface area contributed by atoms with Crippen molar-refractivity contribution in [2.75, 3.05) is 12.9 Å². The molecule has 306 valence electrons. The van der Waals surface area contributed by atoms with Gasteiger partial charge in [0, 0.05) is 18.7 Å². The molecule has 2 fully saturated rings. The highest BCUT2D eigenvalue weighted by Crippen LogP contribution is 2.48. The van der Waals surface area contributed by atoms with Crippen LogP contribution in [0.3, 0.4) is 0 Å². The summed E-state index contributed by atoms with van der Waals surface area (Å²) in [7, 11) is -3.51. The van der Waals surface area contributed by atoms with Gasteiger partial charge in [0.2, 0.25) is 6.41 Å². The fourth-order valence-electron chi connectivity index (χ4n) is 7.13. The van der Waals surface area contributed by atoms with Crippen LogP contribution in [0.4, 0.5) is 22.0 Å².